The highest BCUT2D eigenvalue weighted by Gasteiger charge is 2.58. The Morgan fingerprint density at radius 2 is 1.88 bits per heavy atom. The summed E-state index contributed by atoms with van der Waals surface area (Å²) in [5.74, 6) is 2.46. The van der Waals surface area contributed by atoms with Gasteiger partial charge >= 0.3 is 0 Å². The first-order chi connectivity index (χ1) is 20.6. The van der Waals surface area contributed by atoms with Gasteiger partial charge in [-0.1, -0.05) is 68.8 Å². The minimum Gasteiger partial charge on any atom is -0.393 e. The summed E-state index contributed by atoms with van der Waals surface area (Å²) in [7, 11) is 0. The van der Waals surface area contributed by atoms with Crippen LogP contribution >= 0.6 is 0 Å². The summed E-state index contributed by atoms with van der Waals surface area (Å²) in [6.45, 7) is 10.6. The maximum atomic E-state index is 12.8. The predicted molar refractivity (Wildman–Crippen MR) is 171 cm³/mol. The van der Waals surface area contributed by atoms with Crippen LogP contribution in [0.15, 0.2) is 47.1 Å². The lowest BCUT2D eigenvalue weighted by molar-refractivity contribution is -0.125. The molecule has 1 heterocycles. The molecule has 3 saturated carbocycles. The van der Waals surface area contributed by atoms with Gasteiger partial charge in [0.25, 0.3) is 5.91 Å². The fourth-order valence-corrected chi connectivity index (χ4v) is 10.1. The van der Waals surface area contributed by atoms with E-state index in [9.17, 15) is 9.90 Å². The average Bonchev–Trinajstić information content (AvgIpc) is 3.31. The molecular weight excluding hydrogens is 536 g/mol. The standard InChI is InChI=1S/C37H54N2O4/c1-25(2)32-23-37(19-21-42-32,26-8-6-5-7-9-26)18-20-38-34(41)24-43-39-28-14-16-35(3)27(22-28)10-11-29-30-12-13-33(40)36(30,4)17-15-31(29)35/h5-9,22,25,29-33,40H,10-21,23-24H2,1-4H3,(H,38,41)/t29-,30+,31-,32+,33-,35+,36+,37+/m0/s1. The lowest BCUT2D eigenvalue weighted by Crippen LogP contribution is -2.51. The lowest BCUT2D eigenvalue weighted by Gasteiger charge is -2.57. The van der Waals surface area contributed by atoms with Crippen LogP contribution in [0.4, 0.5) is 0 Å². The number of amides is 1. The fraction of sp³-hybridized carbons (Fsp3) is 0.730. The highest BCUT2D eigenvalue weighted by Crippen LogP contribution is 2.65. The third-order valence-corrected chi connectivity index (χ3v) is 12.9. The molecule has 43 heavy (non-hydrogen) atoms. The number of aliphatic hydroxyl groups is 1. The van der Waals surface area contributed by atoms with Crippen molar-refractivity contribution < 1.29 is 19.5 Å². The summed E-state index contributed by atoms with van der Waals surface area (Å²) in [5.41, 5.74) is 4.20. The highest BCUT2D eigenvalue weighted by molar-refractivity contribution is 5.96. The predicted octanol–water partition coefficient (Wildman–Crippen LogP) is 6.96. The normalized spacial score (nSPS) is 39.9. The monoisotopic (exact) mass is 590 g/mol. The Morgan fingerprint density at radius 3 is 2.67 bits per heavy atom. The number of ether oxygens (including phenoxy) is 1. The molecule has 2 N–H and O–H groups in total. The van der Waals surface area contributed by atoms with E-state index in [2.05, 4.69) is 74.6 Å². The third-order valence-electron chi connectivity index (χ3n) is 12.9. The van der Waals surface area contributed by atoms with Gasteiger partial charge in [-0.25, -0.2) is 0 Å². The van der Waals surface area contributed by atoms with Crippen molar-refractivity contribution in [1.82, 2.24) is 5.32 Å². The van der Waals surface area contributed by atoms with Crippen LogP contribution in [0.5, 0.6) is 0 Å². The molecule has 0 bridgehead atoms. The van der Waals surface area contributed by atoms with Crippen LogP contribution in [0.1, 0.15) is 104 Å². The second kappa shape index (κ2) is 12.3. The maximum Gasteiger partial charge on any atom is 0.260 e. The Kier molecular flexibility index (Phi) is 8.83. The smallest absolute Gasteiger partial charge is 0.260 e. The summed E-state index contributed by atoms with van der Waals surface area (Å²) in [6, 6.07) is 10.7. The Bertz CT molecular complexity index is 1210. The summed E-state index contributed by atoms with van der Waals surface area (Å²) in [5, 5.41) is 18.3. The lowest BCUT2D eigenvalue weighted by atomic mass is 9.47. The first-order valence-corrected chi connectivity index (χ1v) is 17.2. The zero-order valence-electron chi connectivity index (χ0n) is 26.9. The second-order valence-electron chi connectivity index (χ2n) is 15.3. The van der Waals surface area contributed by atoms with Crippen molar-refractivity contribution >= 4 is 11.6 Å². The zero-order chi connectivity index (χ0) is 30.2. The molecule has 0 aromatic heterocycles. The summed E-state index contributed by atoms with van der Waals surface area (Å²) < 4.78 is 6.11. The molecule has 6 rings (SSSR count). The quantitative estimate of drug-likeness (QED) is 0.321. The summed E-state index contributed by atoms with van der Waals surface area (Å²) in [4.78, 5) is 18.4. The van der Waals surface area contributed by atoms with Crippen molar-refractivity contribution in [3.8, 4) is 0 Å². The summed E-state index contributed by atoms with van der Waals surface area (Å²) in [6.07, 6.45) is 14.1. The first-order valence-electron chi connectivity index (χ1n) is 17.2. The number of oxime groups is 1. The molecule has 1 amide bonds. The fourth-order valence-electron chi connectivity index (χ4n) is 10.1. The van der Waals surface area contributed by atoms with E-state index in [1.165, 1.54) is 30.4 Å². The third kappa shape index (κ3) is 5.83. The van der Waals surface area contributed by atoms with Crippen LogP contribution in [-0.4, -0.2) is 48.7 Å². The Morgan fingerprint density at radius 1 is 1.07 bits per heavy atom. The van der Waals surface area contributed by atoms with Crippen LogP contribution < -0.4 is 5.32 Å². The average molecular weight is 591 g/mol. The van der Waals surface area contributed by atoms with E-state index in [4.69, 9.17) is 9.57 Å². The number of rotatable bonds is 8. The van der Waals surface area contributed by atoms with E-state index in [0.29, 0.717) is 24.3 Å². The van der Waals surface area contributed by atoms with Gasteiger partial charge in [0.1, 0.15) is 0 Å². The van der Waals surface area contributed by atoms with Gasteiger partial charge in [-0.15, -0.1) is 0 Å². The molecule has 1 saturated heterocycles. The van der Waals surface area contributed by atoms with Crippen molar-refractivity contribution in [2.45, 2.75) is 116 Å². The minimum absolute atomic E-state index is 0.0112. The maximum absolute atomic E-state index is 12.8. The van der Waals surface area contributed by atoms with Crippen molar-refractivity contribution in [3.05, 3.63) is 47.5 Å². The van der Waals surface area contributed by atoms with E-state index >= 15 is 0 Å². The van der Waals surface area contributed by atoms with Gasteiger partial charge in [0, 0.05) is 18.6 Å². The number of hydrogen-bond donors (Lipinski definition) is 2. The van der Waals surface area contributed by atoms with Gasteiger partial charge in [0.05, 0.1) is 17.9 Å². The first kappa shape index (κ1) is 30.8. The molecule has 0 unspecified atom stereocenters. The molecule has 4 fully saturated rings. The van der Waals surface area contributed by atoms with Crippen LogP contribution in [-0.2, 0) is 19.8 Å². The number of fused-ring (bicyclic) bond motifs is 5. The van der Waals surface area contributed by atoms with Gasteiger partial charge in [-0.2, -0.15) is 0 Å². The molecule has 6 heteroatoms. The van der Waals surface area contributed by atoms with Crippen LogP contribution in [0.3, 0.4) is 0 Å². The van der Waals surface area contributed by atoms with Gasteiger partial charge in [0.2, 0.25) is 0 Å². The Labute approximate surface area is 259 Å². The molecule has 8 atom stereocenters. The molecule has 1 aromatic carbocycles. The number of nitrogens with one attached hydrogen (secondary N) is 1. The molecule has 236 valence electrons. The molecule has 0 radical (unpaired) electrons. The van der Waals surface area contributed by atoms with Gasteiger partial charge in [-0.05, 0) is 117 Å². The van der Waals surface area contributed by atoms with Crippen molar-refractivity contribution in [2.75, 3.05) is 19.8 Å². The topological polar surface area (TPSA) is 80.2 Å². The SMILES string of the molecule is CC(C)[C@H]1C[C@](CCNC(=O)CON=C2C=C3CC[C@H]4[C@H]5CC[C@H](O)[C@]5(C)CC[C@@H]4[C@]3(C)CC2)(c2ccccc2)CCO1. The number of aliphatic hydroxyl groups excluding tert-OH is 1. The number of hydrogen-bond acceptors (Lipinski definition) is 5. The van der Waals surface area contributed by atoms with E-state index in [1.807, 2.05) is 0 Å². The highest BCUT2D eigenvalue weighted by atomic mass is 16.6. The number of allylic oxidation sites excluding steroid dienone is 2. The molecule has 5 aliphatic rings. The Hall–Kier alpha value is -2.18. The van der Waals surface area contributed by atoms with Crippen molar-refractivity contribution in [1.29, 1.82) is 0 Å². The van der Waals surface area contributed by atoms with E-state index in [-0.39, 0.29) is 41.0 Å². The molecule has 4 aliphatic carbocycles. The molecule has 1 aliphatic heterocycles. The summed E-state index contributed by atoms with van der Waals surface area (Å²) >= 11 is 0. The number of carbonyl (C=O) groups is 1. The van der Waals surface area contributed by atoms with Crippen LogP contribution in [0.2, 0.25) is 0 Å². The second-order valence-corrected chi connectivity index (χ2v) is 15.3. The molecular formula is C37H54N2O4. The van der Waals surface area contributed by atoms with E-state index < -0.39 is 0 Å². The molecule has 0 spiro atoms. The van der Waals surface area contributed by atoms with Gasteiger partial charge < -0.3 is 20.0 Å². The number of nitrogens with zero attached hydrogens (tertiary/aromatic N) is 1. The minimum atomic E-state index is -0.119. The number of carbonyl (C=O) groups excluding carboxylic acids is 1. The Balaban J connectivity index is 1.02. The molecule has 1 aromatic rings. The van der Waals surface area contributed by atoms with Crippen LogP contribution in [0, 0.1) is 34.5 Å². The van der Waals surface area contributed by atoms with Crippen LogP contribution in [0.25, 0.3) is 0 Å². The van der Waals surface area contributed by atoms with Crippen molar-refractivity contribution in [2.24, 2.45) is 39.7 Å². The van der Waals surface area contributed by atoms with Gasteiger partial charge in [0.15, 0.2) is 6.61 Å². The largest absolute Gasteiger partial charge is 0.393 e. The van der Waals surface area contributed by atoms with E-state index in [1.54, 1.807) is 0 Å². The molecule has 6 nitrogen and oxygen atoms in total. The van der Waals surface area contributed by atoms with E-state index in [0.717, 1.165) is 69.6 Å². The zero-order valence-corrected chi connectivity index (χ0v) is 26.9. The van der Waals surface area contributed by atoms with Crippen molar-refractivity contribution in [3.63, 3.8) is 0 Å². The van der Waals surface area contributed by atoms with Gasteiger partial charge in [-0.3, -0.25) is 4.79 Å². The number of benzene rings is 1.